The molecule has 5 heteroatoms. The van der Waals surface area contributed by atoms with Gasteiger partial charge in [0.15, 0.2) is 0 Å². The van der Waals surface area contributed by atoms with E-state index in [9.17, 15) is 0 Å². The fourth-order valence-electron chi connectivity index (χ4n) is 1.89. The minimum Gasteiger partial charge on any atom is -0.373 e. The minimum absolute atomic E-state index is 1.01. The highest BCUT2D eigenvalue weighted by atomic mass is 28.4. The SMILES string of the molecule is CCCc1ccccc1[Si](OC)(OC)OC.CN. The first-order chi connectivity index (χ1) is 8.74. The summed E-state index contributed by atoms with van der Waals surface area (Å²) in [5.74, 6) is 0. The van der Waals surface area contributed by atoms with Crippen molar-refractivity contribution >= 4 is 14.0 Å². The van der Waals surface area contributed by atoms with Gasteiger partial charge < -0.3 is 19.0 Å². The van der Waals surface area contributed by atoms with Crippen LogP contribution in [0.5, 0.6) is 0 Å². The molecule has 0 aliphatic rings. The van der Waals surface area contributed by atoms with Crippen molar-refractivity contribution in [1.29, 1.82) is 0 Å². The highest BCUT2D eigenvalue weighted by Gasteiger charge is 2.42. The summed E-state index contributed by atoms with van der Waals surface area (Å²) in [7, 11) is 3.75. The van der Waals surface area contributed by atoms with E-state index in [2.05, 4.69) is 18.7 Å². The smallest absolute Gasteiger partial charge is 0.373 e. The van der Waals surface area contributed by atoms with Crippen molar-refractivity contribution < 1.29 is 13.3 Å². The third kappa shape index (κ3) is 3.89. The molecule has 1 aromatic rings. The Hall–Kier alpha value is -0.723. The third-order valence-electron chi connectivity index (χ3n) is 2.67. The molecule has 4 nitrogen and oxygen atoms in total. The van der Waals surface area contributed by atoms with Crippen LogP contribution in [0.2, 0.25) is 0 Å². The summed E-state index contributed by atoms with van der Waals surface area (Å²) in [6.45, 7) is 2.16. The zero-order chi connectivity index (χ0) is 14.0. The van der Waals surface area contributed by atoms with E-state index in [0.717, 1.165) is 18.0 Å². The fraction of sp³-hybridized carbons (Fsp3) is 0.538. The lowest BCUT2D eigenvalue weighted by atomic mass is 10.1. The fourth-order valence-corrected chi connectivity index (χ4v) is 3.95. The molecular formula is C13H25NO3Si. The first-order valence-electron chi connectivity index (χ1n) is 6.05. The summed E-state index contributed by atoms with van der Waals surface area (Å²) in [6.07, 6.45) is 2.11. The van der Waals surface area contributed by atoms with Gasteiger partial charge in [0, 0.05) is 26.5 Å². The lowest BCUT2D eigenvalue weighted by molar-refractivity contribution is 0.140. The summed E-state index contributed by atoms with van der Waals surface area (Å²) < 4.78 is 16.5. The van der Waals surface area contributed by atoms with Crippen LogP contribution in [-0.4, -0.2) is 37.2 Å². The molecule has 0 atom stereocenters. The number of aryl methyl sites for hydroxylation is 1. The molecule has 1 rings (SSSR count). The number of hydrogen-bond acceptors (Lipinski definition) is 4. The van der Waals surface area contributed by atoms with Crippen molar-refractivity contribution in [3.63, 3.8) is 0 Å². The zero-order valence-electron chi connectivity index (χ0n) is 12.0. The Balaban J connectivity index is 0.00000137. The van der Waals surface area contributed by atoms with E-state index in [-0.39, 0.29) is 0 Å². The van der Waals surface area contributed by atoms with Gasteiger partial charge in [-0.05, 0) is 19.0 Å². The molecule has 0 aliphatic carbocycles. The van der Waals surface area contributed by atoms with E-state index in [1.165, 1.54) is 12.6 Å². The highest BCUT2D eigenvalue weighted by Crippen LogP contribution is 2.11. The molecule has 104 valence electrons. The van der Waals surface area contributed by atoms with E-state index < -0.39 is 8.80 Å². The van der Waals surface area contributed by atoms with Gasteiger partial charge in [-0.1, -0.05) is 37.6 Å². The molecule has 0 amide bonds. The van der Waals surface area contributed by atoms with Gasteiger partial charge in [0.25, 0.3) is 0 Å². The second-order valence-electron chi connectivity index (χ2n) is 3.58. The summed E-state index contributed by atoms with van der Waals surface area (Å²) >= 11 is 0. The Bertz CT molecular complexity index is 322. The van der Waals surface area contributed by atoms with Gasteiger partial charge in [0.1, 0.15) is 0 Å². The van der Waals surface area contributed by atoms with Crippen molar-refractivity contribution in [2.24, 2.45) is 5.73 Å². The number of hydrogen-bond donors (Lipinski definition) is 1. The Morgan fingerprint density at radius 3 is 1.94 bits per heavy atom. The van der Waals surface area contributed by atoms with Gasteiger partial charge in [-0.3, -0.25) is 0 Å². The van der Waals surface area contributed by atoms with Crippen LogP contribution in [0.15, 0.2) is 24.3 Å². The summed E-state index contributed by atoms with van der Waals surface area (Å²) in [5, 5.41) is 1.07. The molecule has 0 aliphatic heterocycles. The Morgan fingerprint density at radius 2 is 1.50 bits per heavy atom. The second kappa shape index (κ2) is 9.24. The van der Waals surface area contributed by atoms with E-state index in [0.29, 0.717) is 0 Å². The van der Waals surface area contributed by atoms with Crippen molar-refractivity contribution in [2.45, 2.75) is 19.8 Å². The predicted octanol–water partition coefficient (Wildman–Crippen LogP) is 1.30. The number of rotatable bonds is 6. The number of benzene rings is 1. The highest BCUT2D eigenvalue weighted by molar-refractivity contribution is 6.75. The van der Waals surface area contributed by atoms with Crippen molar-refractivity contribution in [3.8, 4) is 0 Å². The molecule has 0 spiro atoms. The van der Waals surface area contributed by atoms with Crippen molar-refractivity contribution in [3.05, 3.63) is 29.8 Å². The molecule has 2 N–H and O–H groups in total. The van der Waals surface area contributed by atoms with Crippen LogP contribution in [0, 0.1) is 0 Å². The standard InChI is InChI=1S/C12H20O3Si.CH5N/c1-5-8-11-9-6-7-10-12(11)16(13-2,14-3)15-4;1-2/h6-7,9-10H,5,8H2,1-4H3;2H2,1H3. The van der Waals surface area contributed by atoms with Crippen LogP contribution in [-0.2, 0) is 19.7 Å². The monoisotopic (exact) mass is 271 g/mol. The maximum Gasteiger partial charge on any atom is 0.536 e. The quantitative estimate of drug-likeness (QED) is 0.792. The van der Waals surface area contributed by atoms with Crippen LogP contribution >= 0.6 is 0 Å². The van der Waals surface area contributed by atoms with Gasteiger partial charge in [-0.2, -0.15) is 0 Å². The third-order valence-corrected chi connectivity index (χ3v) is 5.43. The van der Waals surface area contributed by atoms with Gasteiger partial charge in [0.05, 0.1) is 0 Å². The molecule has 0 fully saturated rings. The van der Waals surface area contributed by atoms with Gasteiger partial charge >= 0.3 is 8.80 Å². The summed E-state index contributed by atoms with van der Waals surface area (Å²) in [4.78, 5) is 0. The van der Waals surface area contributed by atoms with Gasteiger partial charge in [-0.15, -0.1) is 0 Å². The van der Waals surface area contributed by atoms with E-state index >= 15 is 0 Å². The molecule has 1 aromatic carbocycles. The van der Waals surface area contributed by atoms with Crippen molar-refractivity contribution in [2.75, 3.05) is 28.4 Å². The molecule has 0 radical (unpaired) electrons. The topological polar surface area (TPSA) is 53.7 Å². The zero-order valence-corrected chi connectivity index (χ0v) is 13.0. The molecule has 0 saturated heterocycles. The first kappa shape index (κ1) is 17.3. The number of nitrogens with two attached hydrogens (primary N) is 1. The maximum atomic E-state index is 5.50. The average molecular weight is 271 g/mol. The van der Waals surface area contributed by atoms with E-state index in [4.69, 9.17) is 13.3 Å². The summed E-state index contributed by atoms with van der Waals surface area (Å²) in [5.41, 5.74) is 5.75. The Kier molecular flexibility index (Phi) is 8.87. The first-order valence-corrected chi connectivity index (χ1v) is 7.78. The van der Waals surface area contributed by atoms with Gasteiger partial charge in [-0.25, -0.2) is 0 Å². The predicted molar refractivity (Wildman–Crippen MR) is 77.0 cm³/mol. The molecule has 0 bridgehead atoms. The van der Waals surface area contributed by atoms with Gasteiger partial charge in [0.2, 0.25) is 0 Å². The molecule has 0 heterocycles. The molecule has 0 unspecified atom stereocenters. The van der Waals surface area contributed by atoms with Crippen LogP contribution in [0.3, 0.4) is 0 Å². The van der Waals surface area contributed by atoms with Crippen LogP contribution < -0.4 is 10.9 Å². The van der Waals surface area contributed by atoms with Crippen LogP contribution in [0.25, 0.3) is 0 Å². The minimum atomic E-state index is -2.68. The molecular weight excluding hydrogens is 246 g/mol. The average Bonchev–Trinajstić information content (AvgIpc) is 2.45. The van der Waals surface area contributed by atoms with E-state index in [1.54, 1.807) is 21.3 Å². The Labute approximate surface area is 111 Å². The van der Waals surface area contributed by atoms with Crippen molar-refractivity contribution in [1.82, 2.24) is 0 Å². The lowest BCUT2D eigenvalue weighted by Crippen LogP contribution is -2.55. The largest absolute Gasteiger partial charge is 0.536 e. The normalized spacial score (nSPS) is 10.8. The summed E-state index contributed by atoms with van der Waals surface area (Å²) in [6, 6.07) is 8.17. The van der Waals surface area contributed by atoms with Crippen LogP contribution in [0.4, 0.5) is 0 Å². The van der Waals surface area contributed by atoms with Crippen LogP contribution in [0.1, 0.15) is 18.9 Å². The second-order valence-corrected chi connectivity index (χ2v) is 6.45. The Morgan fingerprint density at radius 1 is 1.00 bits per heavy atom. The lowest BCUT2D eigenvalue weighted by Gasteiger charge is -2.26. The molecule has 0 saturated carbocycles. The molecule has 0 aromatic heterocycles. The molecule has 18 heavy (non-hydrogen) atoms. The van der Waals surface area contributed by atoms with E-state index in [1.807, 2.05) is 18.2 Å². The maximum absolute atomic E-state index is 5.50.